The zero-order valence-electron chi connectivity index (χ0n) is 19.1. The number of hydrogen-bond acceptors (Lipinski definition) is 7. The molecule has 2 aromatic rings. The fraction of sp³-hybridized carbons (Fsp3) is 0.478. The van der Waals surface area contributed by atoms with Gasteiger partial charge >= 0.3 is 12.1 Å². The molecule has 0 radical (unpaired) electrons. The summed E-state index contributed by atoms with van der Waals surface area (Å²) < 4.78 is 10.5. The van der Waals surface area contributed by atoms with E-state index in [2.05, 4.69) is 10.2 Å². The normalized spacial score (nSPS) is 18.5. The predicted molar refractivity (Wildman–Crippen MR) is 122 cm³/mol. The highest BCUT2D eigenvalue weighted by Gasteiger charge is 2.40. The van der Waals surface area contributed by atoms with Crippen LogP contribution >= 0.6 is 0 Å². The number of rotatable bonds is 4. The summed E-state index contributed by atoms with van der Waals surface area (Å²) in [5.41, 5.74) is 9.25. The number of primary amides is 1. The summed E-state index contributed by atoms with van der Waals surface area (Å²) >= 11 is 0. The summed E-state index contributed by atoms with van der Waals surface area (Å²) in [6.45, 7) is 5.18. The van der Waals surface area contributed by atoms with Gasteiger partial charge in [-0.3, -0.25) is 9.89 Å². The van der Waals surface area contributed by atoms with E-state index in [0.717, 1.165) is 5.69 Å². The Morgan fingerprint density at radius 1 is 1.21 bits per heavy atom. The maximum absolute atomic E-state index is 13.7. The molecule has 0 saturated carbocycles. The number of morpholine rings is 1. The number of carbonyl (C=O) groups excluding carboxylic acids is 3. The Bertz CT molecular complexity index is 1120. The molecular formula is C23H28N6O5. The molecule has 5 rings (SSSR count). The first kappa shape index (κ1) is 22.4. The maximum atomic E-state index is 13.7. The van der Waals surface area contributed by atoms with Gasteiger partial charge in [0.25, 0.3) is 0 Å². The number of hydrogen-bond donors (Lipinski definition) is 2. The van der Waals surface area contributed by atoms with Crippen molar-refractivity contribution in [2.45, 2.75) is 25.7 Å². The molecule has 3 N–H and O–H groups in total. The Balaban J connectivity index is 1.44. The number of ether oxygens (including phenoxy) is 2. The molecule has 1 aromatic heterocycles. The average Bonchev–Trinajstić information content (AvgIpc) is 3.40. The SMILES string of the molecule is CCOC(=O)N1CCC(c2[nH]nc3c2C(=O)c2c-3cccc2N(C(N)=O)N2CCOCC2)CC1. The number of anilines is 1. The molecule has 180 valence electrons. The van der Waals surface area contributed by atoms with Crippen molar-refractivity contribution in [2.24, 2.45) is 5.73 Å². The van der Waals surface area contributed by atoms with Gasteiger partial charge in [0.2, 0.25) is 0 Å². The molecule has 2 saturated heterocycles. The molecule has 0 atom stereocenters. The van der Waals surface area contributed by atoms with Crippen LogP contribution in [0.1, 0.15) is 47.3 Å². The second-order valence-electron chi connectivity index (χ2n) is 8.57. The van der Waals surface area contributed by atoms with Crippen LogP contribution in [-0.2, 0) is 9.47 Å². The number of ketones is 1. The molecule has 11 heteroatoms. The van der Waals surface area contributed by atoms with Crippen LogP contribution in [0.25, 0.3) is 11.3 Å². The number of fused-ring (bicyclic) bond motifs is 3. The highest BCUT2D eigenvalue weighted by Crippen LogP contribution is 2.44. The third kappa shape index (κ3) is 3.70. The van der Waals surface area contributed by atoms with E-state index >= 15 is 0 Å². The number of carbonyl (C=O) groups is 3. The number of piperidine rings is 1. The van der Waals surface area contributed by atoms with Gasteiger partial charge < -0.3 is 20.1 Å². The molecule has 2 fully saturated rings. The van der Waals surface area contributed by atoms with Crippen molar-refractivity contribution in [1.29, 1.82) is 0 Å². The summed E-state index contributed by atoms with van der Waals surface area (Å²) in [7, 11) is 0. The minimum Gasteiger partial charge on any atom is -0.450 e. The number of aromatic nitrogens is 2. The third-order valence-corrected chi connectivity index (χ3v) is 6.68. The third-order valence-electron chi connectivity index (χ3n) is 6.68. The van der Waals surface area contributed by atoms with Crippen LogP contribution in [0.5, 0.6) is 0 Å². The molecule has 0 unspecified atom stereocenters. The molecule has 0 bridgehead atoms. The van der Waals surface area contributed by atoms with Gasteiger partial charge in [0.15, 0.2) is 5.78 Å². The number of hydrazine groups is 1. The summed E-state index contributed by atoms with van der Waals surface area (Å²) in [5.74, 6) is -0.105. The molecule has 3 aliphatic rings. The standard InChI is InChI=1S/C23H28N6O5/c1-2-34-23(32)27-8-6-14(7-9-27)19-18-20(26-25-19)15-4-3-5-16(17(15)21(18)30)29(22(24)31)28-10-12-33-13-11-28/h3-5,14H,2,6-13H2,1H3,(H2,24,31)(H,25,26). The number of aromatic amines is 1. The Labute approximate surface area is 196 Å². The van der Waals surface area contributed by atoms with E-state index in [1.54, 1.807) is 24.0 Å². The van der Waals surface area contributed by atoms with Crippen LogP contribution in [0.3, 0.4) is 0 Å². The van der Waals surface area contributed by atoms with Crippen LogP contribution in [-0.4, -0.2) is 84.0 Å². The van der Waals surface area contributed by atoms with E-state index in [4.69, 9.17) is 15.2 Å². The van der Waals surface area contributed by atoms with Crippen molar-refractivity contribution in [3.05, 3.63) is 35.0 Å². The summed E-state index contributed by atoms with van der Waals surface area (Å²) in [4.78, 5) is 39.9. The lowest BCUT2D eigenvalue weighted by molar-refractivity contribution is 0.0364. The number of H-pyrrole nitrogens is 1. The molecule has 11 nitrogen and oxygen atoms in total. The fourth-order valence-electron chi connectivity index (χ4n) is 5.08. The van der Waals surface area contributed by atoms with Crippen molar-refractivity contribution < 1.29 is 23.9 Å². The molecule has 1 aromatic carbocycles. The quantitative estimate of drug-likeness (QED) is 0.599. The predicted octanol–water partition coefficient (Wildman–Crippen LogP) is 2.09. The number of benzene rings is 1. The first-order chi connectivity index (χ1) is 16.5. The topological polar surface area (TPSA) is 134 Å². The van der Waals surface area contributed by atoms with Gasteiger partial charge in [-0.1, -0.05) is 12.1 Å². The zero-order valence-corrected chi connectivity index (χ0v) is 19.1. The van der Waals surface area contributed by atoms with Crippen LogP contribution in [0.15, 0.2) is 18.2 Å². The zero-order chi connectivity index (χ0) is 23.8. The Hall–Kier alpha value is -3.44. The van der Waals surface area contributed by atoms with Crippen molar-refractivity contribution in [3.8, 4) is 11.3 Å². The van der Waals surface area contributed by atoms with E-state index in [1.165, 1.54) is 5.01 Å². The van der Waals surface area contributed by atoms with Crippen molar-refractivity contribution >= 4 is 23.6 Å². The van der Waals surface area contributed by atoms with Gasteiger partial charge in [-0.25, -0.2) is 19.6 Å². The number of urea groups is 1. The van der Waals surface area contributed by atoms with Gasteiger partial charge in [-0.2, -0.15) is 5.10 Å². The second-order valence-corrected chi connectivity index (χ2v) is 8.57. The second kappa shape index (κ2) is 9.07. The average molecular weight is 469 g/mol. The number of likely N-dealkylation sites (tertiary alicyclic amines) is 1. The lowest BCUT2D eigenvalue weighted by atomic mass is 9.90. The number of nitrogens with two attached hydrogens (primary N) is 1. The molecule has 3 heterocycles. The number of amides is 3. The molecule has 1 aliphatic carbocycles. The smallest absolute Gasteiger partial charge is 0.409 e. The monoisotopic (exact) mass is 468 g/mol. The molecule has 34 heavy (non-hydrogen) atoms. The van der Waals surface area contributed by atoms with Crippen molar-refractivity contribution in [1.82, 2.24) is 20.1 Å². The highest BCUT2D eigenvalue weighted by atomic mass is 16.6. The van der Waals surface area contributed by atoms with Crippen molar-refractivity contribution in [3.63, 3.8) is 0 Å². The minimum absolute atomic E-state index is 0.0649. The van der Waals surface area contributed by atoms with Gasteiger partial charge in [-0.15, -0.1) is 0 Å². The van der Waals surface area contributed by atoms with Gasteiger partial charge in [0, 0.05) is 37.7 Å². The lowest BCUT2D eigenvalue weighted by Gasteiger charge is -2.36. The largest absolute Gasteiger partial charge is 0.450 e. The molecule has 0 spiro atoms. The Morgan fingerprint density at radius 2 is 1.94 bits per heavy atom. The summed E-state index contributed by atoms with van der Waals surface area (Å²) in [6, 6.07) is 4.74. The first-order valence-corrected chi connectivity index (χ1v) is 11.6. The molecule has 3 amide bonds. The van der Waals surface area contributed by atoms with Crippen LogP contribution < -0.4 is 10.7 Å². The van der Waals surface area contributed by atoms with E-state index in [-0.39, 0.29) is 17.8 Å². The maximum Gasteiger partial charge on any atom is 0.409 e. The van der Waals surface area contributed by atoms with Gasteiger partial charge in [0.1, 0.15) is 5.69 Å². The van der Waals surface area contributed by atoms with Gasteiger partial charge in [-0.05, 0) is 25.8 Å². The van der Waals surface area contributed by atoms with E-state index < -0.39 is 6.03 Å². The highest BCUT2D eigenvalue weighted by molar-refractivity contribution is 6.25. The van der Waals surface area contributed by atoms with Crippen molar-refractivity contribution in [2.75, 3.05) is 51.0 Å². The lowest BCUT2D eigenvalue weighted by Crippen LogP contribution is -2.54. The Morgan fingerprint density at radius 3 is 2.62 bits per heavy atom. The Kier molecular flexibility index (Phi) is 5.96. The number of nitrogens with one attached hydrogen (secondary N) is 1. The van der Waals surface area contributed by atoms with Gasteiger partial charge in [0.05, 0.1) is 42.3 Å². The number of nitrogens with zero attached hydrogens (tertiary/aromatic N) is 4. The van der Waals surface area contributed by atoms with E-state index in [0.29, 0.717) is 86.9 Å². The van der Waals surface area contributed by atoms with E-state index in [9.17, 15) is 14.4 Å². The van der Waals surface area contributed by atoms with E-state index in [1.807, 2.05) is 11.1 Å². The molecular weight excluding hydrogens is 440 g/mol. The summed E-state index contributed by atoms with van der Waals surface area (Å²) in [6.07, 6.45) is 1.09. The summed E-state index contributed by atoms with van der Waals surface area (Å²) in [5, 5.41) is 10.8. The van der Waals surface area contributed by atoms with Crippen LogP contribution in [0.2, 0.25) is 0 Å². The van der Waals surface area contributed by atoms with Crippen LogP contribution in [0.4, 0.5) is 15.3 Å². The first-order valence-electron chi connectivity index (χ1n) is 11.6. The van der Waals surface area contributed by atoms with Crippen LogP contribution in [0, 0.1) is 0 Å². The fourth-order valence-corrected chi connectivity index (χ4v) is 5.08. The molecule has 2 aliphatic heterocycles. The minimum atomic E-state index is -0.652.